The topological polar surface area (TPSA) is 42.0 Å². The van der Waals surface area contributed by atoms with Gasteiger partial charge in [0.2, 0.25) is 0 Å². The summed E-state index contributed by atoms with van der Waals surface area (Å²) in [6, 6.07) is 14.0. The summed E-state index contributed by atoms with van der Waals surface area (Å²) in [4.78, 5) is 18.6. The first-order valence-electron chi connectivity index (χ1n) is 8.93. The monoisotopic (exact) mass is 364 g/mol. The molecule has 1 amide bonds. The Kier molecular flexibility index (Phi) is 5.52. The normalized spacial score (nSPS) is 10.8. The van der Waals surface area contributed by atoms with Crippen molar-refractivity contribution >= 4 is 22.4 Å². The molecule has 0 unspecified atom stereocenters. The van der Waals surface area contributed by atoms with Crippen LogP contribution in [0.4, 0.5) is 5.13 Å². The second-order valence-corrected chi connectivity index (χ2v) is 7.77. The van der Waals surface area contributed by atoms with Crippen molar-refractivity contribution in [2.45, 2.75) is 40.5 Å². The van der Waals surface area contributed by atoms with E-state index in [1.807, 2.05) is 31.2 Å². The smallest absolute Gasteiger partial charge is 0.257 e. The number of benzene rings is 2. The first kappa shape index (κ1) is 18.3. The molecule has 0 atom stereocenters. The number of carbonyl (C=O) groups is 1. The van der Waals surface area contributed by atoms with Crippen molar-refractivity contribution in [1.29, 1.82) is 0 Å². The molecule has 0 aliphatic carbocycles. The Balaban J connectivity index is 1.94. The maximum atomic E-state index is 12.6. The van der Waals surface area contributed by atoms with Gasteiger partial charge in [-0.25, -0.2) is 4.98 Å². The summed E-state index contributed by atoms with van der Waals surface area (Å²) >= 11 is 1.58. The van der Waals surface area contributed by atoms with E-state index < -0.39 is 0 Å². The molecule has 26 heavy (non-hydrogen) atoms. The minimum Gasteiger partial charge on any atom is -0.298 e. The lowest BCUT2D eigenvalue weighted by molar-refractivity contribution is 0.102. The van der Waals surface area contributed by atoms with E-state index in [1.54, 1.807) is 11.3 Å². The zero-order valence-electron chi connectivity index (χ0n) is 15.7. The van der Waals surface area contributed by atoms with Crippen LogP contribution in [0.5, 0.6) is 0 Å². The van der Waals surface area contributed by atoms with Crippen LogP contribution in [0, 0.1) is 20.8 Å². The molecule has 2 aromatic carbocycles. The van der Waals surface area contributed by atoms with Gasteiger partial charge in [-0.1, -0.05) is 48.7 Å². The van der Waals surface area contributed by atoms with Gasteiger partial charge in [-0.15, -0.1) is 11.3 Å². The predicted octanol–water partition coefficient (Wildman–Crippen LogP) is 5.94. The van der Waals surface area contributed by atoms with E-state index in [1.165, 1.54) is 16.0 Å². The third-order valence-corrected chi connectivity index (χ3v) is 5.35. The third-order valence-electron chi connectivity index (χ3n) is 4.32. The Labute approximate surface area is 159 Å². The highest BCUT2D eigenvalue weighted by atomic mass is 32.1. The quantitative estimate of drug-likeness (QED) is 0.609. The molecule has 1 heterocycles. The lowest BCUT2D eigenvalue weighted by atomic mass is 10.0. The molecule has 3 rings (SSSR count). The highest BCUT2D eigenvalue weighted by Crippen LogP contribution is 2.34. The number of hydrogen-bond acceptors (Lipinski definition) is 3. The zero-order valence-corrected chi connectivity index (χ0v) is 16.5. The fourth-order valence-electron chi connectivity index (χ4n) is 2.96. The highest BCUT2D eigenvalue weighted by molar-refractivity contribution is 7.16. The number of carbonyl (C=O) groups excluding carboxylic acids is 1. The molecule has 1 aromatic heterocycles. The van der Waals surface area contributed by atoms with Crippen LogP contribution in [0.15, 0.2) is 42.5 Å². The van der Waals surface area contributed by atoms with Gasteiger partial charge in [0, 0.05) is 16.0 Å². The average molecular weight is 365 g/mol. The number of aryl methyl sites for hydroxylation is 4. The summed E-state index contributed by atoms with van der Waals surface area (Å²) in [6.45, 7) is 8.35. The third kappa shape index (κ3) is 4.02. The van der Waals surface area contributed by atoms with Crippen LogP contribution in [0.1, 0.15) is 45.3 Å². The van der Waals surface area contributed by atoms with Crippen LogP contribution < -0.4 is 5.32 Å². The minimum absolute atomic E-state index is 0.113. The molecular formula is C22H24N2OS. The zero-order chi connectivity index (χ0) is 18.7. The molecule has 0 saturated carbocycles. The largest absolute Gasteiger partial charge is 0.298 e. The molecule has 0 spiro atoms. The van der Waals surface area contributed by atoms with Crippen molar-refractivity contribution in [3.8, 4) is 11.3 Å². The fourth-order valence-corrected chi connectivity index (χ4v) is 4.03. The van der Waals surface area contributed by atoms with Crippen LogP contribution in [-0.2, 0) is 6.42 Å². The summed E-state index contributed by atoms with van der Waals surface area (Å²) in [6.07, 6.45) is 2.01. The molecule has 3 nitrogen and oxygen atoms in total. The summed E-state index contributed by atoms with van der Waals surface area (Å²) in [5.74, 6) is -0.113. The maximum Gasteiger partial charge on any atom is 0.257 e. The summed E-state index contributed by atoms with van der Waals surface area (Å²) in [5, 5.41) is 3.64. The molecule has 3 aromatic rings. The number of thiazole rings is 1. The van der Waals surface area contributed by atoms with Crippen LogP contribution >= 0.6 is 11.3 Å². The Bertz CT molecular complexity index is 943. The van der Waals surface area contributed by atoms with Gasteiger partial charge < -0.3 is 0 Å². The highest BCUT2D eigenvalue weighted by Gasteiger charge is 2.16. The van der Waals surface area contributed by atoms with E-state index in [0.717, 1.165) is 29.7 Å². The van der Waals surface area contributed by atoms with Crippen molar-refractivity contribution in [2.75, 3.05) is 5.32 Å². The first-order valence-corrected chi connectivity index (χ1v) is 9.75. The van der Waals surface area contributed by atoms with E-state index in [2.05, 4.69) is 44.3 Å². The second kappa shape index (κ2) is 7.83. The first-order chi connectivity index (χ1) is 12.5. The van der Waals surface area contributed by atoms with Crippen LogP contribution in [-0.4, -0.2) is 10.9 Å². The van der Waals surface area contributed by atoms with Gasteiger partial charge >= 0.3 is 0 Å². The number of aromatic nitrogens is 1. The molecule has 0 aliphatic rings. The van der Waals surface area contributed by atoms with Crippen molar-refractivity contribution in [1.82, 2.24) is 4.98 Å². The van der Waals surface area contributed by atoms with Crippen LogP contribution in [0.2, 0.25) is 0 Å². The standard InChI is InChI=1S/C22H24N2OS/c1-5-7-19-20(18-13-15(3)10-11-16(18)4)23-22(26-19)24-21(25)17-9-6-8-14(2)12-17/h6,8-13H,5,7H2,1-4H3,(H,23,24,25). The van der Waals surface area contributed by atoms with Crippen molar-refractivity contribution < 1.29 is 4.79 Å². The number of anilines is 1. The number of nitrogens with one attached hydrogen (secondary N) is 1. The Morgan fingerprint density at radius 1 is 1.08 bits per heavy atom. The molecular weight excluding hydrogens is 340 g/mol. The second-order valence-electron chi connectivity index (χ2n) is 6.68. The van der Waals surface area contributed by atoms with Gasteiger partial charge in [-0.3, -0.25) is 10.1 Å². The van der Waals surface area contributed by atoms with E-state index in [0.29, 0.717) is 10.7 Å². The molecule has 0 fully saturated rings. The molecule has 4 heteroatoms. The van der Waals surface area contributed by atoms with Crippen molar-refractivity contribution in [3.05, 3.63) is 69.6 Å². The van der Waals surface area contributed by atoms with E-state index >= 15 is 0 Å². The van der Waals surface area contributed by atoms with Crippen LogP contribution in [0.25, 0.3) is 11.3 Å². The fraction of sp³-hybridized carbons (Fsp3) is 0.273. The van der Waals surface area contributed by atoms with Crippen molar-refractivity contribution in [2.24, 2.45) is 0 Å². The molecule has 0 saturated heterocycles. The maximum absolute atomic E-state index is 12.6. The van der Waals surface area contributed by atoms with Gasteiger partial charge in [0.05, 0.1) is 5.69 Å². The number of amides is 1. The van der Waals surface area contributed by atoms with Gasteiger partial charge in [-0.05, 0) is 51.0 Å². The number of nitrogens with zero attached hydrogens (tertiary/aromatic N) is 1. The Morgan fingerprint density at radius 3 is 2.58 bits per heavy atom. The van der Waals surface area contributed by atoms with Gasteiger partial charge in [-0.2, -0.15) is 0 Å². The Morgan fingerprint density at radius 2 is 1.85 bits per heavy atom. The van der Waals surface area contributed by atoms with Gasteiger partial charge in [0.25, 0.3) is 5.91 Å². The summed E-state index contributed by atoms with van der Waals surface area (Å²) < 4.78 is 0. The van der Waals surface area contributed by atoms with E-state index in [9.17, 15) is 4.79 Å². The van der Waals surface area contributed by atoms with E-state index in [4.69, 9.17) is 4.98 Å². The lowest BCUT2D eigenvalue weighted by Gasteiger charge is -2.06. The van der Waals surface area contributed by atoms with Gasteiger partial charge in [0.15, 0.2) is 5.13 Å². The predicted molar refractivity (Wildman–Crippen MR) is 110 cm³/mol. The minimum atomic E-state index is -0.113. The molecule has 0 radical (unpaired) electrons. The van der Waals surface area contributed by atoms with E-state index in [-0.39, 0.29) is 5.91 Å². The molecule has 0 bridgehead atoms. The SMILES string of the molecule is CCCc1sc(NC(=O)c2cccc(C)c2)nc1-c1cc(C)ccc1C. The number of hydrogen-bond donors (Lipinski definition) is 1. The van der Waals surface area contributed by atoms with Crippen molar-refractivity contribution in [3.63, 3.8) is 0 Å². The lowest BCUT2D eigenvalue weighted by Crippen LogP contribution is -2.11. The average Bonchev–Trinajstić information content (AvgIpc) is 2.99. The summed E-state index contributed by atoms with van der Waals surface area (Å²) in [7, 11) is 0. The molecule has 1 N–H and O–H groups in total. The molecule has 0 aliphatic heterocycles. The number of rotatable bonds is 5. The summed E-state index contributed by atoms with van der Waals surface area (Å²) in [5.41, 5.74) is 6.30. The Hall–Kier alpha value is -2.46. The van der Waals surface area contributed by atoms with Crippen LogP contribution in [0.3, 0.4) is 0 Å². The van der Waals surface area contributed by atoms with Gasteiger partial charge in [0.1, 0.15) is 0 Å². The molecule has 134 valence electrons.